The molecule has 31 heavy (non-hydrogen) atoms. The minimum atomic E-state index is -3.70. The second-order valence-electron chi connectivity index (χ2n) is 7.56. The SMILES string of the molecule is CN(C(=O)CN1CCN(S(=O)(=O)c2cccc3cccc(Cl)c23)CC1)c1ccccc1. The van der Waals surface area contributed by atoms with Crippen molar-refractivity contribution in [3.63, 3.8) is 0 Å². The van der Waals surface area contributed by atoms with Crippen molar-refractivity contribution in [3.8, 4) is 0 Å². The van der Waals surface area contributed by atoms with Crippen molar-refractivity contribution in [2.45, 2.75) is 4.90 Å². The fourth-order valence-electron chi connectivity index (χ4n) is 3.84. The van der Waals surface area contributed by atoms with Gasteiger partial charge in [0.15, 0.2) is 0 Å². The smallest absolute Gasteiger partial charge is 0.243 e. The Hall–Kier alpha value is -2.45. The molecule has 0 unspecified atom stereocenters. The molecule has 1 amide bonds. The van der Waals surface area contributed by atoms with Crippen LogP contribution in [0.15, 0.2) is 71.6 Å². The molecule has 0 atom stereocenters. The van der Waals surface area contributed by atoms with Gasteiger partial charge in [-0.3, -0.25) is 9.69 Å². The number of amides is 1. The van der Waals surface area contributed by atoms with Crippen molar-refractivity contribution < 1.29 is 13.2 Å². The van der Waals surface area contributed by atoms with Gasteiger partial charge in [-0.25, -0.2) is 8.42 Å². The van der Waals surface area contributed by atoms with E-state index in [2.05, 4.69) is 0 Å². The summed E-state index contributed by atoms with van der Waals surface area (Å²) in [6.45, 7) is 1.88. The largest absolute Gasteiger partial charge is 0.314 e. The average Bonchev–Trinajstić information content (AvgIpc) is 2.79. The Labute approximate surface area is 187 Å². The number of hydrogen-bond acceptors (Lipinski definition) is 4. The van der Waals surface area contributed by atoms with Crippen molar-refractivity contribution in [1.82, 2.24) is 9.21 Å². The summed E-state index contributed by atoms with van der Waals surface area (Å²) in [6.07, 6.45) is 0. The van der Waals surface area contributed by atoms with Crippen molar-refractivity contribution in [1.29, 1.82) is 0 Å². The number of anilines is 1. The van der Waals surface area contributed by atoms with Crippen LogP contribution in [0.3, 0.4) is 0 Å². The lowest BCUT2D eigenvalue weighted by Crippen LogP contribution is -2.51. The summed E-state index contributed by atoms with van der Waals surface area (Å²) in [5.41, 5.74) is 0.835. The number of piperazine rings is 1. The third kappa shape index (κ3) is 4.45. The Bertz CT molecular complexity index is 1190. The molecule has 1 aliphatic rings. The van der Waals surface area contributed by atoms with Gasteiger partial charge in [0.25, 0.3) is 0 Å². The molecule has 0 spiro atoms. The first-order chi connectivity index (χ1) is 14.9. The minimum absolute atomic E-state index is 0.0247. The first-order valence-electron chi connectivity index (χ1n) is 10.1. The van der Waals surface area contributed by atoms with Gasteiger partial charge in [-0.05, 0) is 29.7 Å². The van der Waals surface area contributed by atoms with Gasteiger partial charge in [0.05, 0.1) is 11.4 Å². The number of fused-ring (bicyclic) bond motifs is 1. The molecule has 162 valence electrons. The second-order valence-corrected chi connectivity index (χ2v) is 9.88. The fourth-order valence-corrected chi connectivity index (χ4v) is 5.84. The third-order valence-corrected chi connectivity index (χ3v) is 7.90. The molecule has 0 saturated carbocycles. The number of carbonyl (C=O) groups excluding carboxylic acids is 1. The number of rotatable bonds is 5. The molecule has 8 heteroatoms. The fraction of sp³-hybridized carbons (Fsp3) is 0.261. The molecule has 0 bridgehead atoms. The molecule has 1 fully saturated rings. The van der Waals surface area contributed by atoms with E-state index in [0.717, 1.165) is 11.1 Å². The number of hydrogen-bond donors (Lipinski definition) is 0. The van der Waals surface area contributed by atoms with Crippen LogP contribution in [0.2, 0.25) is 5.02 Å². The molecule has 4 rings (SSSR count). The lowest BCUT2D eigenvalue weighted by atomic mass is 10.1. The Morgan fingerprint density at radius 2 is 1.58 bits per heavy atom. The van der Waals surface area contributed by atoms with Crippen LogP contribution in [0, 0.1) is 0 Å². The number of carbonyl (C=O) groups is 1. The zero-order valence-corrected chi connectivity index (χ0v) is 18.8. The number of para-hydroxylation sites is 1. The van der Waals surface area contributed by atoms with Gasteiger partial charge in [-0.1, -0.05) is 54.1 Å². The summed E-state index contributed by atoms with van der Waals surface area (Å²) in [7, 11) is -1.94. The van der Waals surface area contributed by atoms with E-state index in [-0.39, 0.29) is 17.3 Å². The van der Waals surface area contributed by atoms with Crippen molar-refractivity contribution in [3.05, 3.63) is 71.8 Å². The van der Waals surface area contributed by atoms with Crippen LogP contribution < -0.4 is 4.90 Å². The Morgan fingerprint density at radius 1 is 0.935 bits per heavy atom. The van der Waals surface area contributed by atoms with Crippen LogP contribution >= 0.6 is 11.6 Å². The van der Waals surface area contributed by atoms with E-state index < -0.39 is 10.0 Å². The summed E-state index contributed by atoms with van der Waals surface area (Å²) in [5.74, 6) is -0.0247. The lowest BCUT2D eigenvalue weighted by molar-refractivity contribution is -0.119. The number of benzene rings is 3. The number of nitrogens with zero attached hydrogens (tertiary/aromatic N) is 3. The van der Waals surface area contributed by atoms with Gasteiger partial charge in [-0.15, -0.1) is 0 Å². The third-order valence-electron chi connectivity index (χ3n) is 5.64. The lowest BCUT2D eigenvalue weighted by Gasteiger charge is -2.34. The van der Waals surface area contributed by atoms with E-state index >= 15 is 0 Å². The second kappa shape index (κ2) is 8.96. The highest BCUT2D eigenvalue weighted by atomic mass is 35.5. The van der Waals surface area contributed by atoms with Crippen molar-refractivity contribution >= 4 is 44.0 Å². The molecule has 0 N–H and O–H groups in total. The average molecular weight is 458 g/mol. The van der Waals surface area contributed by atoms with Crippen LogP contribution in [-0.2, 0) is 14.8 Å². The summed E-state index contributed by atoms with van der Waals surface area (Å²) in [4.78, 5) is 16.5. The molecule has 3 aromatic carbocycles. The predicted molar refractivity (Wildman–Crippen MR) is 124 cm³/mol. The molecule has 0 radical (unpaired) electrons. The topological polar surface area (TPSA) is 60.9 Å². The predicted octanol–water partition coefficient (Wildman–Crippen LogP) is 3.46. The van der Waals surface area contributed by atoms with Crippen molar-refractivity contribution in [2.24, 2.45) is 0 Å². The standard InChI is InChI=1S/C23H24ClN3O3S/c1-25(19-9-3-2-4-10-19)22(28)17-26-13-15-27(16-14-26)31(29,30)21-12-6-8-18-7-5-11-20(24)23(18)21/h2-12H,13-17H2,1H3. The summed E-state index contributed by atoms with van der Waals surface area (Å²) in [5, 5.41) is 1.76. The molecular formula is C23H24ClN3O3S. The summed E-state index contributed by atoms with van der Waals surface area (Å²) in [6, 6.07) is 20.0. The molecule has 1 heterocycles. The van der Waals surface area contributed by atoms with E-state index in [1.165, 1.54) is 4.31 Å². The Kier molecular flexibility index (Phi) is 6.29. The van der Waals surface area contributed by atoms with Crippen LogP contribution in [0.1, 0.15) is 0 Å². The molecule has 1 aliphatic heterocycles. The minimum Gasteiger partial charge on any atom is -0.314 e. The molecule has 1 saturated heterocycles. The van der Waals surface area contributed by atoms with E-state index in [0.29, 0.717) is 36.6 Å². The van der Waals surface area contributed by atoms with Gasteiger partial charge >= 0.3 is 0 Å². The molecule has 3 aromatic rings. The normalized spacial score (nSPS) is 15.8. The maximum absolute atomic E-state index is 13.3. The van der Waals surface area contributed by atoms with Crippen molar-refractivity contribution in [2.75, 3.05) is 44.7 Å². The number of likely N-dealkylation sites (N-methyl/N-ethyl adjacent to an activating group) is 1. The number of halogens is 1. The highest BCUT2D eigenvalue weighted by Crippen LogP contribution is 2.31. The van der Waals surface area contributed by atoms with Gasteiger partial charge < -0.3 is 4.90 Å². The maximum Gasteiger partial charge on any atom is 0.243 e. The Morgan fingerprint density at radius 3 is 2.26 bits per heavy atom. The van der Waals surface area contributed by atoms with Gasteiger partial charge in [0.1, 0.15) is 0 Å². The number of sulfonamides is 1. The first kappa shape index (κ1) is 21.8. The highest BCUT2D eigenvalue weighted by Gasteiger charge is 2.31. The van der Waals surface area contributed by atoms with Crippen LogP contribution in [-0.4, -0.2) is 63.3 Å². The van der Waals surface area contributed by atoms with Gasteiger partial charge in [-0.2, -0.15) is 4.31 Å². The van der Waals surface area contributed by atoms with Gasteiger partial charge in [0, 0.05) is 49.3 Å². The first-order valence-corrected chi connectivity index (χ1v) is 11.9. The van der Waals surface area contributed by atoms with E-state index in [1.54, 1.807) is 30.1 Å². The summed E-state index contributed by atoms with van der Waals surface area (Å²) < 4.78 is 28.2. The Balaban J connectivity index is 1.45. The quantitative estimate of drug-likeness (QED) is 0.588. The summed E-state index contributed by atoms with van der Waals surface area (Å²) >= 11 is 6.33. The van der Waals surface area contributed by atoms with Crippen LogP contribution in [0.25, 0.3) is 10.8 Å². The van der Waals surface area contributed by atoms with Crippen LogP contribution in [0.4, 0.5) is 5.69 Å². The highest BCUT2D eigenvalue weighted by molar-refractivity contribution is 7.89. The molecule has 0 aromatic heterocycles. The molecule has 0 aliphatic carbocycles. The molecule has 6 nitrogen and oxygen atoms in total. The monoisotopic (exact) mass is 457 g/mol. The zero-order valence-electron chi connectivity index (χ0n) is 17.2. The van der Waals surface area contributed by atoms with E-state index in [1.807, 2.05) is 53.4 Å². The molecular weight excluding hydrogens is 434 g/mol. The van der Waals surface area contributed by atoms with Crippen LogP contribution in [0.5, 0.6) is 0 Å². The van der Waals surface area contributed by atoms with E-state index in [9.17, 15) is 13.2 Å². The van der Waals surface area contributed by atoms with E-state index in [4.69, 9.17) is 11.6 Å². The van der Waals surface area contributed by atoms with Gasteiger partial charge in [0.2, 0.25) is 15.9 Å². The maximum atomic E-state index is 13.3. The zero-order chi connectivity index (χ0) is 22.0.